The van der Waals surface area contributed by atoms with Crippen molar-refractivity contribution in [1.82, 2.24) is 0 Å². The van der Waals surface area contributed by atoms with E-state index in [1.165, 1.54) is 11.1 Å². The molecule has 0 radical (unpaired) electrons. The molecule has 23 heavy (non-hydrogen) atoms. The lowest BCUT2D eigenvalue weighted by molar-refractivity contribution is 1.13. The summed E-state index contributed by atoms with van der Waals surface area (Å²) >= 11 is 0. The number of nitrogens with zero attached hydrogens (tertiary/aromatic N) is 1. The van der Waals surface area contributed by atoms with Gasteiger partial charge in [-0.1, -0.05) is 48.7 Å². The Kier molecular flexibility index (Phi) is 5.23. The van der Waals surface area contributed by atoms with Gasteiger partial charge in [-0.15, -0.1) is 0 Å². The molecule has 0 saturated heterocycles. The minimum Gasteiger partial charge on any atom is -0.391 e. The molecule has 0 atom stereocenters. The highest BCUT2D eigenvalue weighted by atomic mass is 14.6. The maximum absolute atomic E-state index is 9.48. The maximum atomic E-state index is 9.48. The van der Waals surface area contributed by atoms with E-state index in [1.54, 1.807) is 0 Å². The Hall–Kier alpha value is -2.97. The number of nitriles is 1. The molecular formula is C21H20N2. The fourth-order valence-corrected chi connectivity index (χ4v) is 2.33. The predicted molar refractivity (Wildman–Crippen MR) is 95.3 cm³/mol. The quantitative estimate of drug-likeness (QED) is 0.670. The van der Waals surface area contributed by atoms with Crippen LogP contribution in [0.2, 0.25) is 0 Å². The van der Waals surface area contributed by atoms with Gasteiger partial charge in [0.1, 0.15) is 11.8 Å². The third-order valence-corrected chi connectivity index (χ3v) is 3.74. The molecule has 0 spiro atoms. The Labute approximate surface area is 138 Å². The van der Waals surface area contributed by atoms with Crippen molar-refractivity contribution in [3.05, 3.63) is 76.0 Å². The van der Waals surface area contributed by atoms with Crippen molar-refractivity contribution in [2.75, 3.05) is 0 Å². The summed E-state index contributed by atoms with van der Waals surface area (Å²) in [6, 6.07) is 16.2. The van der Waals surface area contributed by atoms with Crippen molar-refractivity contribution in [2.24, 2.45) is 5.73 Å². The topological polar surface area (TPSA) is 49.8 Å². The molecule has 0 amide bonds. The highest BCUT2D eigenvalue weighted by molar-refractivity contribution is 5.83. The van der Waals surface area contributed by atoms with Gasteiger partial charge in [0.15, 0.2) is 0 Å². The van der Waals surface area contributed by atoms with Gasteiger partial charge >= 0.3 is 0 Å². The van der Waals surface area contributed by atoms with Gasteiger partial charge < -0.3 is 5.73 Å². The molecule has 0 fully saturated rings. The summed E-state index contributed by atoms with van der Waals surface area (Å²) in [5.74, 6) is 5.92. The first-order valence-electron chi connectivity index (χ1n) is 7.63. The van der Waals surface area contributed by atoms with Crippen molar-refractivity contribution in [3.8, 4) is 17.9 Å². The van der Waals surface area contributed by atoms with Crippen molar-refractivity contribution in [1.29, 1.82) is 5.26 Å². The second-order valence-electron chi connectivity index (χ2n) is 5.52. The monoisotopic (exact) mass is 300 g/mol. The number of benzene rings is 2. The van der Waals surface area contributed by atoms with Gasteiger partial charge in [-0.25, -0.2) is 0 Å². The van der Waals surface area contributed by atoms with Gasteiger partial charge in [-0.05, 0) is 55.0 Å². The van der Waals surface area contributed by atoms with Gasteiger partial charge in [0.2, 0.25) is 0 Å². The van der Waals surface area contributed by atoms with Crippen LogP contribution in [0.3, 0.4) is 0 Å². The highest BCUT2D eigenvalue weighted by Gasteiger charge is 2.08. The zero-order valence-electron chi connectivity index (χ0n) is 13.8. The molecule has 2 aromatic rings. The number of hydrogen-bond acceptors (Lipinski definition) is 2. The third-order valence-electron chi connectivity index (χ3n) is 3.74. The molecule has 2 aromatic carbocycles. The fraction of sp³-hybridized carbons (Fsp3) is 0.190. The van der Waals surface area contributed by atoms with Gasteiger partial charge in [-0.3, -0.25) is 0 Å². The van der Waals surface area contributed by atoms with E-state index >= 15 is 0 Å². The van der Waals surface area contributed by atoms with E-state index in [2.05, 4.69) is 30.9 Å². The summed E-state index contributed by atoms with van der Waals surface area (Å²) in [7, 11) is 0. The maximum Gasteiger partial charge on any atom is 0.103 e. The molecule has 0 bridgehead atoms. The van der Waals surface area contributed by atoms with Gasteiger partial charge in [0, 0.05) is 5.56 Å². The SMILES string of the molecule is CCc1ccc(/C(C#N)=C(\N)C#Cc2ccc(C)cc2)c(C)c1. The summed E-state index contributed by atoms with van der Waals surface area (Å²) in [5.41, 5.74) is 12.0. The number of allylic oxidation sites excluding steroid dienone is 2. The van der Waals surface area contributed by atoms with E-state index in [9.17, 15) is 5.26 Å². The molecule has 0 aliphatic rings. The summed E-state index contributed by atoms with van der Waals surface area (Å²) in [6.45, 7) is 6.13. The average Bonchev–Trinajstić information content (AvgIpc) is 2.56. The first-order valence-corrected chi connectivity index (χ1v) is 7.63. The van der Waals surface area contributed by atoms with Gasteiger partial charge in [-0.2, -0.15) is 5.26 Å². The van der Waals surface area contributed by atoms with Crippen LogP contribution >= 0.6 is 0 Å². The van der Waals surface area contributed by atoms with Crippen LogP contribution in [0.5, 0.6) is 0 Å². The van der Waals surface area contributed by atoms with Crippen LogP contribution in [0.1, 0.15) is 34.7 Å². The van der Waals surface area contributed by atoms with Crippen LogP contribution in [0.15, 0.2) is 48.2 Å². The van der Waals surface area contributed by atoms with E-state index in [1.807, 2.05) is 50.2 Å². The Morgan fingerprint density at radius 3 is 2.35 bits per heavy atom. The highest BCUT2D eigenvalue weighted by Crippen LogP contribution is 2.21. The van der Waals surface area contributed by atoms with Gasteiger partial charge in [0.25, 0.3) is 0 Å². The van der Waals surface area contributed by atoms with E-state index in [0.717, 1.165) is 23.1 Å². The number of hydrogen-bond donors (Lipinski definition) is 1. The molecular weight excluding hydrogens is 280 g/mol. The van der Waals surface area contributed by atoms with Crippen molar-refractivity contribution in [2.45, 2.75) is 27.2 Å². The summed E-state index contributed by atoms with van der Waals surface area (Å²) in [4.78, 5) is 0. The second-order valence-corrected chi connectivity index (χ2v) is 5.52. The van der Waals surface area contributed by atoms with Gasteiger partial charge in [0.05, 0.1) is 5.57 Å². The molecule has 0 aliphatic carbocycles. The van der Waals surface area contributed by atoms with Crippen molar-refractivity contribution < 1.29 is 0 Å². The number of rotatable bonds is 2. The van der Waals surface area contributed by atoms with E-state index < -0.39 is 0 Å². The minimum absolute atomic E-state index is 0.306. The first-order chi connectivity index (χ1) is 11.0. The molecule has 0 unspecified atom stereocenters. The molecule has 2 N–H and O–H groups in total. The molecule has 0 aliphatic heterocycles. The molecule has 0 heterocycles. The molecule has 2 nitrogen and oxygen atoms in total. The Bertz CT molecular complexity index is 838. The summed E-state index contributed by atoms with van der Waals surface area (Å²) in [5, 5.41) is 9.48. The largest absolute Gasteiger partial charge is 0.391 e. The van der Waals surface area contributed by atoms with E-state index in [-0.39, 0.29) is 0 Å². The normalized spacial score (nSPS) is 11.0. The van der Waals surface area contributed by atoms with Crippen LogP contribution in [0, 0.1) is 37.0 Å². The van der Waals surface area contributed by atoms with E-state index in [4.69, 9.17) is 5.73 Å². The van der Waals surface area contributed by atoms with Crippen LogP contribution in [-0.4, -0.2) is 0 Å². The summed E-state index contributed by atoms with van der Waals surface area (Å²) < 4.78 is 0. The zero-order chi connectivity index (χ0) is 16.8. The zero-order valence-corrected chi connectivity index (χ0v) is 13.8. The lowest BCUT2D eigenvalue weighted by Gasteiger charge is -2.07. The number of aryl methyl sites for hydroxylation is 3. The Morgan fingerprint density at radius 2 is 1.78 bits per heavy atom. The molecule has 0 saturated carbocycles. The Morgan fingerprint density at radius 1 is 1.09 bits per heavy atom. The van der Waals surface area contributed by atoms with Crippen LogP contribution in [0.25, 0.3) is 5.57 Å². The molecule has 2 heteroatoms. The summed E-state index contributed by atoms with van der Waals surface area (Å²) in [6.07, 6.45) is 0.968. The second kappa shape index (κ2) is 7.34. The Balaban J connectivity index is 2.41. The van der Waals surface area contributed by atoms with Crippen LogP contribution < -0.4 is 5.73 Å². The molecule has 0 aromatic heterocycles. The third kappa shape index (κ3) is 4.02. The smallest absolute Gasteiger partial charge is 0.103 e. The predicted octanol–water partition coefficient (Wildman–Crippen LogP) is 4.11. The molecule has 114 valence electrons. The number of nitrogens with two attached hydrogens (primary N) is 1. The fourth-order valence-electron chi connectivity index (χ4n) is 2.33. The van der Waals surface area contributed by atoms with Crippen LogP contribution in [0.4, 0.5) is 0 Å². The standard InChI is InChI=1S/C21H20N2/c1-4-17-9-11-19(16(3)13-17)20(14-22)21(23)12-10-18-7-5-15(2)6-8-18/h5-9,11,13H,4,23H2,1-3H3/b21-20-. The van der Waals surface area contributed by atoms with E-state index in [0.29, 0.717) is 11.3 Å². The average molecular weight is 300 g/mol. The van der Waals surface area contributed by atoms with Crippen molar-refractivity contribution in [3.63, 3.8) is 0 Å². The first kappa shape index (κ1) is 16.4. The molecule has 2 rings (SSSR count). The van der Waals surface area contributed by atoms with Crippen molar-refractivity contribution >= 4 is 5.57 Å². The lowest BCUT2D eigenvalue weighted by atomic mass is 9.97. The minimum atomic E-state index is 0.306. The van der Waals surface area contributed by atoms with Crippen LogP contribution in [-0.2, 0) is 6.42 Å². The lowest BCUT2D eigenvalue weighted by Crippen LogP contribution is -2.01.